The summed E-state index contributed by atoms with van der Waals surface area (Å²) in [5.41, 5.74) is 4.06. The lowest BCUT2D eigenvalue weighted by atomic mass is 10.0. The molecule has 2 aromatic rings. The zero-order chi connectivity index (χ0) is 26.6. The van der Waals surface area contributed by atoms with Crippen LogP contribution < -0.4 is 10.6 Å². The van der Waals surface area contributed by atoms with Gasteiger partial charge in [-0.15, -0.1) is 11.3 Å². The zero-order valence-electron chi connectivity index (χ0n) is 21.7. The van der Waals surface area contributed by atoms with Crippen LogP contribution in [0, 0.1) is 12.8 Å². The number of alkyl carbamates (subject to hydrolysis) is 1. The van der Waals surface area contributed by atoms with Crippen molar-refractivity contribution >= 4 is 29.2 Å². The first kappa shape index (κ1) is 27.6. The highest BCUT2D eigenvalue weighted by Gasteiger charge is 2.42. The summed E-state index contributed by atoms with van der Waals surface area (Å²) in [6.07, 6.45) is -1.38. The van der Waals surface area contributed by atoms with Gasteiger partial charge in [0.1, 0.15) is 17.7 Å². The molecule has 196 valence electrons. The van der Waals surface area contributed by atoms with Gasteiger partial charge in [0.25, 0.3) is 0 Å². The molecular weight excluding hydrogens is 480 g/mol. The number of nitrogens with zero attached hydrogens (tertiary/aromatic N) is 2. The standard InChI is InChI=1S/C26H36N4O5S/c1-15(2)21(29-25(34)35-26(4,5)6)24(33)30-13-19(31)11-20(30)23(32)27-12-17-7-9-18(10-8-17)22-16(3)28-14-36-22/h7-10,14-15,19-21,31H,11-13H2,1-6H3,(H,27,32)(H,29,34)/t19-,20+,21?/m1/s1. The number of thiazole rings is 1. The first-order valence-corrected chi connectivity index (χ1v) is 13.0. The van der Waals surface area contributed by atoms with Crippen LogP contribution in [0.15, 0.2) is 29.8 Å². The first-order valence-electron chi connectivity index (χ1n) is 12.1. The molecule has 3 amide bonds. The number of aliphatic hydroxyl groups excluding tert-OH is 1. The Kier molecular flexibility index (Phi) is 8.73. The molecule has 1 aromatic heterocycles. The van der Waals surface area contributed by atoms with E-state index >= 15 is 0 Å². The highest BCUT2D eigenvalue weighted by Crippen LogP contribution is 2.27. The molecule has 0 saturated carbocycles. The van der Waals surface area contributed by atoms with E-state index in [2.05, 4.69) is 15.6 Å². The van der Waals surface area contributed by atoms with Crippen LogP contribution in [0.5, 0.6) is 0 Å². The summed E-state index contributed by atoms with van der Waals surface area (Å²) >= 11 is 1.58. The third kappa shape index (κ3) is 7.04. The van der Waals surface area contributed by atoms with Crippen LogP contribution >= 0.6 is 11.3 Å². The van der Waals surface area contributed by atoms with Crippen molar-refractivity contribution in [1.82, 2.24) is 20.5 Å². The van der Waals surface area contributed by atoms with Gasteiger partial charge in [0.2, 0.25) is 11.8 Å². The molecule has 36 heavy (non-hydrogen) atoms. The van der Waals surface area contributed by atoms with Crippen LogP contribution in [0.1, 0.15) is 52.3 Å². The normalized spacial score (nSPS) is 18.7. The van der Waals surface area contributed by atoms with Crippen molar-refractivity contribution in [1.29, 1.82) is 0 Å². The van der Waals surface area contributed by atoms with Crippen LogP contribution in [0.3, 0.4) is 0 Å². The molecular formula is C26H36N4O5S. The third-order valence-electron chi connectivity index (χ3n) is 5.90. The fraction of sp³-hybridized carbons (Fsp3) is 0.538. The van der Waals surface area contributed by atoms with Crippen molar-refractivity contribution in [2.45, 2.75) is 78.3 Å². The Hall–Kier alpha value is -2.98. The molecule has 0 radical (unpaired) electrons. The average molecular weight is 517 g/mol. The largest absolute Gasteiger partial charge is 0.444 e. The molecule has 1 saturated heterocycles. The van der Waals surface area contributed by atoms with E-state index in [-0.39, 0.29) is 24.8 Å². The van der Waals surface area contributed by atoms with Gasteiger partial charge in [-0.1, -0.05) is 38.1 Å². The number of likely N-dealkylation sites (tertiary alicyclic amines) is 1. The summed E-state index contributed by atoms with van der Waals surface area (Å²) in [4.78, 5) is 45.5. The molecule has 10 heteroatoms. The fourth-order valence-corrected chi connectivity index (χ4v) is 4.90. The Bertz CT molecular complexity index is 1080. The van der Waals surface area contributed by atoms with Gasteiger partial charge in [-0.25, -0.2) is 9.78 Å². The second-order valence-corrected chi connectivity index (χ2v) is 11.3. The minimum atomic E-state index is -0.886. The summed E-state index contributed by atoms with van der Waals surface area (Å²) in [5, 5.41) is 15.8. The number of carbonyl (C=O) groups is 3. The number of β-amino-alcohol motifs (C(OH)–C–C–N with tert-alkyl or cyclic N) is 1. The van der Waals surface area contributed by atoms with Crippen molar-refractivity contribution in [2.75, 3.05) is 6.54 Å². The average Bonchev–Trinajstić information content (AvgIpc) is 3.40. The van der Waals surface area contributed by atoms with Crippen molar-refractivity contribution in [2.24, 2.45) is 5.92 Å². The monoisotopic (exact) mass is 516 g/mol. The Morgan fingerprint density at radius 3 is 2.44 bits per heavy atom. The lowest BCUT2D eigenvalue weighted by Crippen LogP contribution is -2.55. The van der Waals surface area contributed by atoms with Gasteiger partial charge < -0.3 is 25.4 Å². The lowest BCUT2D eigenvalue weighted by Gasteiger charge is -2.31. The highest BCUT2D eigenvalue weighted by molar-refractivity contribution is 7.13. The van der Waals surface area contributed by atoms with Gasteiger partial charge >= 0.3 is 6.09 Å². The summed E-state index contributed by atoms with van der Waals surface area (Å²) in [5.74, 6) is -1.01. The SMILES string of the molecule is Cc1ncsc1-c1ccc(CNC(=O)[C@@H]2C[C@@H](O)CN2C(=O)C(NC(=O)OC(C)(C)C)C(C)C)cc1. The molecule has 0 bridgehead atoms. The molecule has 1 fully saturated rings. The number of nitrogens with one attached hydrogen (secondary N) is 2. The number of aryl methyl sites for hydroxylation is 1. The molecule has 3 N–H and O–H groups in total. The Morgan fingerprint density at radius 1 is 1.22 bits per heavy atom. The van der Waals surface area contributed by atoms with Crippen molar-refractivity contribution in [3.8, 4) is 10.4 Å². The van der Waals surface area contributed by atoms with Gasteiger partial charge in [-0.2, -0.15) is 0 Å². The van der Waals surface area contributed by atoms with E-state index in [4.69, 9.17) is 4.74 Å². The predicted octanol–water partition coefficient (Wildman–Crippen LogP) is 3.25. The molecule has 3 atom stereocenters. The quantitative estimate of drug-likeness (QED) is 0.520. The maximum absolute atomic E-state index is 13.4. The number of ether oxygens (including phenoxy) is 1. The van der Waals surface area contributed by atoms with Crippen LogP contribution in [0.4, 0.5) is 4.79 Å². The van der Waals surface area contributed by atoms with Crippen molar-refractivity contribution in [3.05, 3.63) is 41.0 Å². The fourth-order valence-electron chi connectivity index (χ4n) is 4.09. The van der Waals surface area contributed by atoms with Gasteiger partial charge in [0, 0.05) is 19.5 Å². The molecule has 1 aliphatic rings. The molecule has 2 heterocycles. The van der Waals surface area contributed by atoms with Gasteiger partial charge in [0.05, 0.1) is 22.2 Å². The molecule has 1 unspecified atom stereocenters. The van der Waals surface area contributed by atoms with Crippen LogP contribution in [-0.2, 0) is 20.9 Å². The minimum absolute atomic E-state index is 0.0268. The van der Waals surface area contributed by atoms with Crippen molar-refractivity contribution < 1.29 is 24.2 Å². The number of amides is 3. The number of benzene rings is 1. The Morgan fingerprint density at radius 2 is 1.89 bits per heavy atom. The minimum Gasteiger partial charge on any atom is -0.444 e. The predicted molar refractivity (Wildman–Crippen MR) is 138 cm³/mol. The zero-order valence-corrected chi connectivity index (χ0v) is 22.5. The smallest absolute Gasteiger partial charge is 0.408 e. The van der Waals surface area contributed by atoms with Crippen LogP contribution in [-0.4, -0.2) is 63.2 Å². The molecule has 0 aliphatic carbocycles. The topological polar surface area (TPSA) is 121 Å². The maximum Gasteiger partial charge on any atom is 0.408 e. The van der Waals surface area contributed by atoms with Crippen LogP contribution in [0.25, 0.3) is 10.4 Å². The first-order chi connectivity index (χ1) is 16.9. The van der Waals surface area contributed by atoms with E-state index in [1.165, 1.54) is 4.90 Å². The number of hydrogen-bond acceptors (Lipinski definition) is 7. The van der Waals surface area contributed by atoms with E-state index in [9.17, 15) is 19.5 Å². The molecule has 0 spiro atoms. The Labute approximate surface area is 216 Å². The van der Waals surface area contributed by atoms with Gasteiger partial charge in [-0.3, -0.25) is 9.59 Å². The van der Waals surface area contributed by atoms with E-state index in [0.29, 0.717) is 6.54 Å². The second-order valence-electron chi connectivity index (χ2n) is 10.4. The van der Waals surface area contributed by atoms with Gasteiger partial charge in [-0.05, 0) is 44.7 Å². The molecule has 1 aromatic carbocycles. The summed E-state index contributed by atoms with van der Waals surface area (Å²) < 4.78 is 5.30. The molecule has 3 rings (SSSR count). The molecule has 1 aliphatic heterocycles. The second kappa shape index (κ2) is 11.4. The number of rotatable bonds is 7. The van der Waals surface area contributed by atoms with E-state index < -0.39 is 35.8 Å². The Balaban J connectivity index is 1.64. The number of aromatic nitrogens is 1. The maximum atomic E-state index is 13.4. The van der Waals surface area contributed by atoms with Gasteiger partial charge in [0.15, 0.2) is 0 Å². The lowest BCUT2D eigenvalue weighted by molar-refractivity contribution is -0.141. The van der Waals surface area contributed by atoms with E-state index in [1.54, 1.807) is 46.0 Å². The molecule has 9 nitrogen and oxygen atoms in total. The number of aliphatic hydroxyl groups is 1. The number of carbonyl (C=O) groups excluding carboxylic acids is 3. The summed E-state index contributed by atoms with van der Waals surface area (Å²) in [6.45, 7) is 11.1. The summed E-state index contributed by atoms with van der Waals surface area (Å²) in [6, 6.07) is 6.16. The van der Waals surface area contributed by atoms with E-state index in [1.807, 2.05) is 36.7 Å². The van der Waals surface area contributed by atoms with Crippen LogP contribution in [0.2, 0.25) is 0 Å². The summed E-state index contributed by atoms with van der Waals surface area (Å²) in [7, 11) is 0. The highest BCUT2D eigenvalue weighted by atomic mass is 32.1. The van der Waals surface area contributed by atoms with Crippen molar-refractivity contribution in [3.63, 3.8) is 0 Å². The number of hydrogen-bond donors (Lipinski definition) is 3. The van der Waals surface area contributed by atoms with E-state index in [0.717, 1.165) is 21.7 Å². The third-order valence-corrected chi connectivity index (χ3v) is 6.88.